The highest BCUT2D eigenvalue weighted by Gasteiger charge is 2.14. The second-order valence-corrected chi connectivity index (χ2v) is 6.31. The number of ketones is 1. The van der Waals surface area contributed by atoms with Crippen LogP contribution in [0.15, 0.2) is 42.5 Å². The summed E-state index contributed by atoms with van der Waals surface area (Å²) in [5, 5.41) is 2.85. The van der Waals surface area contributed by atoms with Crippen LogP contribution in [0.5, 0.6) is 5.75 Å². The average molecular weight is 341 g/mol. The lowest BCUT2D eigenvalue weighted by molar-refractivity contribution is -0.885. The van der Waals surface area contributed by atoms with E-state index in [0.29, 0.717) is 24.3 Å². The fraction of sp³-hybridized carbons (Fsp3) is 0.300. The molecule has 2 N–H and O–H groups in total. The summed E-state index contributed by atoms with van der Waals surface area (Å²) in [6.45, 7) is 4.55. The van der Waals surface area contributed by atoms with Crippen molar-refractivity contribution in [2.45, 2.75) is 20.4 Å². The Hall–Kier alpha value is -2.66. The molecule has 1 amide bonds. The fourth-order valence-corrected chi connectivity index (χ4v) is 2.73. The number of rotatable bonds is 7. The second-order valence-electron chi connectivity index (χ2n) is 6.31. The molecule has 1 unspecified atom stereocenters. The largest absolute Gasteiger partial charge is 0.496 e. The van der Waals surface area contributed by atoms with Crippen LogP contribution in [0.1, 0.15) is 28.4 Å². The molecule has 132 valence electrons. The lowest BCUT2D eigenvalue weighted by Crippen LogP contribution is -3.08. The Balaban J connectivity index is 1.97. The molecule has 5 heteroatoms. The number of amides is 1. The zero-order chi connectivity index (χ0) is 18.4. The predicted molar refractivity (Wildman–Crippen MR) is 98.3 cm³/mol. The van der Waals surface area contributed by atoms with Crippen LogP contribution < -0.4 is 15.0 Å². The van der Waals surface area contributed by atoms with Gasteiger partial charge in [0.1, 0.15) is 12.3 Å². The molecule has 0 saturated heterocycles. The number of hydrogen-bond acceptors (Lipinski definition) is 3. The number of nitrogens with one attached hydrogen (secondary N) is 2. The van der Waals surface area contributed by atoms with Gasteiger partial charge in [0, 0.05) is 16.8 Å². The Labute approximate surface area is 148 Å². The van der Waals surface area contributed by atoms with Crippen molar-refractivity contribution < 1.29 is 19.2 Å². The minimum atomic E-state index is -0.0928. The molecule has 2 rings (SSSR count). The number of ether oxygens (including phenoxy) is 1. The van der Waals surface area contributed by atoms with E-state index in [1.54, 1.807) is 31.4 Å². The number of carbonyl (C=O) groups excluding carboxylic acids is 2. The van der Waals surface area contributed by atoms with E-state index < -0.39 is 0 Å². The van der Waals surface area contributed by atoms with Crippen LogP contribution in [0.25, 0.3) is 0 Å². The number of quaternary nitrogens is 1. The van der Waals surface area contributed by atoms with Crippen LogP contribution in [0.2, 0.25) is 0 Å². The van der Waals surface area contributed by atoms with E-state index in [1.807, 2.05) is 26.1 Å². The highest BCUT2D eigenvalue weighted by atomic mass is 16.5. The molecule has 0 spiro atoms. The molecule has 0 fully saturated rings. The third kappa shape index (κ3) is 5.43. The number of anilines is 1. The average Bonchev–Trinajstić information content (AvgIpc) is 2.55. The van der Waals surface area contributed by atoms with Crippen molar-refractivity contribution >= 4 is 17.4 Å². The normalized spacial score (nSPS) is 11.7. The van der Waals surface area contributed by atoms with Crippen molar-refractivity contribution in [3.8, 4) is 5.75 Å². The van der Waals surface area contributed by atoms with Gasteiger partial charge in [-0.3, -0.25) is 9.59 Å². The van der Waals surface area contributed by atoms with Crippen LogP contribution in [0.3, 0.4) is 0 Å². The van der Waals surface area contributed by atoms with Gasteiger partial charge in [-0.1, -0.05) is 23.8 Å². The fourth-order valence-electron chi connectivity index (χ4n) is 2.73. The first-order chi connectivity index (χ1) is 11.9. The molecule has 5 nitrogen and oxygen atoms in total. The molecular formula is C20H25N2O3+. The van der Waals surface area contributed by atoms with Crippen molar-refractivity contribution in [1.29, 1.82) is 0 Å². The van der Waals surface area contributed by atoms with E-state index in [1.165, 1.54) is 6.92 Å². The Morgan fingerprint density at radius 2 is 1.92 bits per heavy atom. The number of carbonyl (C=O) groups is 2. The Kier molecular flexibility index (Phi) is 6.31. The Morgan fingerprint density at radius 1 is 1.16 bits per heavy atom. The zero-order valence-corrected chi connectivity index (χ0v) is 15.2. The van der Waals surface area contributed by atoms with Crippen LogP contribution in [-0.2, 0) is 11.3 Å². The van der Waals surface area contributed by atoms with Crippen molar-refractivity contribution in [1.82, 2.24) is 0 Å². The van der Waals surface area contributed by atoms with Crippen molar-refractivity contribution in [2.75, 3.05) is 26.0 Å². The molecule has 0 aliphatic rings. The molecule has 0 saturated carbocycles. The molecule has 25 heavy (non-hydrogen) atoms. The number of aryl methyl sites for hydroxylation is 1. The number of hydrogen-bond donors (Lipinski definition) is 2. The van der Waals surface area contributed by atoms with E-state index in [-0.39, 0.29) is 11.7 Å². The van der Waals surface area contributed by atoms with Gasteiger partial charge in [0.05, 0.1) is 14.2 Å². The van der Waals surface area contributed by atoms with E-state index in [0.717, 1.165) is 21.8 Å². The van der Waals surface area contributed by atoms with Crippen molar-refractivity contribution in [3.63, 3.8) is 0 Å². The highest BCUT2D eigenvalue weighted by Crippen LogP contribution is 2.18. The summed E-state index contributed by atoms with van der Waals surface area (Å²) in [7, 11) is 3.62. The minimum absolute atomic E-state index is 0.0228. The summed E-state index contributed by atoms with van der Waals surface area (Å²) >= 11 is 0. The van der Waals surface area contributed by atoms with Gasteiger partial charge in [-0.25, -0.2) is 0 Å². The molecule has 0 heterocycles. The molecule has 1 atom stereocenters. The summed E-state index contributed by atoms with van der Waals surface area (Å²) in [6, 6.07) is 13.0. The molecule has 2 aromatic carbocycles. The number of benzene rings is 2. The summed E-state index contributed by atoms with van der Waals surface area (Å²) in [5.74, 6) is 0.717. The van der Waals surface area contributed by atoms with E-state index in [4.69, 9.17) is 4.74 Å². The van der Waals surface area contributed by atoms with Gasteiger partial charge in [0.15, 0.2) is 12.3 Å². The maximum absolute atomic E-state index is 12.3. The van der Waals surface area contributed by atoms with Crippen molar-refractivity contribution in [3.05, 3.63) is 59.2 Å². The van der Waals surface area contributed by atoms with Crippen LogP contribution in [0.4, 0.5) is 5.69 Å². The van der Waals surface area contributed by atoms with Gasteiger partial charge >= 0.3 is 0 Å². The number of Topliss-reactive ketones (excluding diaryl/α,β-unsaturated/α-hetero) is 1. The SMILES string of the molecule is COc1ccc(C)cc1C[NH+](C)CC(=O)Nc1cccc(C(C)=O)c1. The lowest BCUT2D eigenvalue weighted by atomic mass is 10.1. The zero-order valence-electron chi connectivity index (χ0n) is 15.2. The molecule has 0 bridgehead atoms. The van der Waals surface area contributed by atoms with E-state index >= 15 is 0 Å². The van der Waals surface area contributed by atoms with Gasteiger partial charge < -0.3 is 15.0 Å². The maximum atomic E-state index is 12.3. The number of likely N-dealkylation sites (N-methyl/N-ethyl adjacent to an activating group) is 1. The Morgan fingerprint density at radius 3 is 2.60 bits per heavy atom. The van der Waals surface area contributed by atoms with Crippen LogP contribution in [0, 0.1) is 6.92 Å². The molecule has 0 radical (unpaired) electrons. The van der Waals surface area contributed by atoms with Gasteiger partial charge in [0.25, 0.3) is 5.91 Å². The highest BCUT2D eigenvalue weighted by molar-refractivity contribution is 5.97. The monoisotopic (exact) mass is 341 g/mol. The van der Waals surface area contributed by atoms with Crippen LogP contribution >= 0.6 is 0 Å². The quantitative estimate of drug-likeness (QED) is 0.756. The third-order valence-corrected chi connectivity index (χ3v) is 3.94. The first kappa shape index (κ1) is 18.7. The molecule has 0 aliphatic heterocycles. The summed E-state index contributed by atoms with van der Waals surface area (Å²) in [4.78, 5) is 24.7. The van der Waals surface area contributed by atoms with Crippen molar-refractivity contribution in [2.24, 2.45) is 0 Å². The second kappa shape index (κ2) is 8.44. The molecular weight excluding hydrogens is 316 g/mol. The molecule has 2 aromatic rings. The molecule has 0 aliphatic carbocycles. The summed E-state index contributed by atoms with van der Waals surface area (Å²) < 4.78 is 5.39. The summed E-state index contributed by atoms with van der Waals surface area (Å²) in [6.07, 6.45) is 0. The topological polar surface area (TPSA) is 59.8 Å². The summed E-state index contributed by atoms with van der Waals surface area (Å²) in [5.41, 5.74) is 3.46. The van der Waals surface area contributed by atoms with Gasteiger partial charge in [-0.2, -0.15) is 0 Å². The minimum Gasteiger partial charge on any atom is -0.496 e. The standard InChI is InChI=1S/C20H24N2O3/c1-14-8-9-19(25-4)17(10-14)12-22(3)13-20(24)21-18-7-5-6-16(11-18)15(2)23/h5-11H,12-13H2,1-4H3,(H,21,24)/p+1. The molecule has 0 aromatic heterocycles. The van der Waals surface area contributed by atoms with E-state index in [9.17, 15) is 9.59 Å². The van der Waals surface area contributed by atoms with Crippen LogP contribution in [-0.4, -0.2) is 32.4 Å². The Bertz CT molecular complexity index is 771. The lowest BCUT2D eigenvalue weighted by Gasteiger charge is -2.16. The number of methoxy groups -OCH3 is 1. The van der Waals surface area contributed by atoms with Gasteiger partial charge in [-0.05, 0) is 38.1 Å². The first-order valence-electron chi connectivity index (χ1n) is 8.24. The van der Waals surface area contributed by atoms with E-state index in [2.05, 4.69) is 11.4 Å². The van der Waals surface area contributed by atoms with Gasteiger partial charge in [-0.15, -0.1) is 0 Å². The van der Waals surface area contributed by atoms with Gasteiger partial charge in [0.2, 0.25) is 0 Å². The maximum Gasteiger partial charge on any atom is 0.279 e. The first-order valence-corrected chi connectivity index (χ1v) is 8.24. The third-order valence-electron chi connectivity index (χ3n) is 3.94. The smallest absolute Gasteiger partial charge is 0.279 e. The predicted octanol–water partition coefficient (Wildman–Crippen LogP) is 1.86.